The number of hydrogen-bond acceptors (Lipinski definition) is 4. The number of rotatable bonds is 7. The topological polar surface area (TPSA) is 89.9 Å². The van der Waals surface area contributed by atoms with Crippen molar-refractivity contribution in [3.8, 4) is 0 Å². The Morgan fingerprint density at radius 1 is 1.18 bits per heavy atom. The molecule has 2 aromatic rings. The standard InChI is InChI=1S/C27H31N3O4/c1-17(20-8-9-20)29(15-19-6-4-3-5-7-19)24(32)16-30-25(33)27(28-26(30)34)13-12-22-14-21(18(2)31)10-11-23(22)27/h3-7,10-11,14,17-18,20,31H,8-9,12-13,15-16H2,1-2H3,(H,28,34). The summed E-state index contributed by atoms with van der Waals surface area (Å²) >= 11 is 0. The highest BCUT2D eigenvalue weighted by molar-refractivity contribution is 6.10. The van der Waals surface area contributed by atoms with Crippen LogP contribution >= 0.6 is 0 Å². The molecule has 2 fully saturated rings. The normalized spacial score (nSPS) is 23.1. The predicted octanol–water partition coefficient (Wildman–Crippen LogP) is 3.26. The van der Waals surface area contributed by atoms with Gasteiger partial charge < -0.3 is 15.3 Å². The van der Waals surface area contributed by atoms with E-state index in [1.54, 1.807) is 13.0 Å². The zero-order valence-electron chi connectivity index (χ0n) is 19.7. The van der Waals surface area contributed by atoms with Crippen molar-refractivity contribution in [1.29, 1.82) is 0 Å². The van der Waals surface area contributed by atoms with Gasteiger partial charge in [0.25, 0.3) is 5.91 Å². The minimum absolute atomic E-state index is 0.0496. The number of carbonyl (C=O) groups excluding carboxylic acids is 3. The van der Waals surface area contributed by atoms with Gasteiger partial charge in [-0.25, -0.2) is 4.79 Å². The molecule has 34 heavy (non-hydrogen) atoms. The second kappa shape index (κ2) is 8.55. The molecule has 3 unspecified atom stereocenters. The van der Waals surface area contributed by atoms with Gasteiger partial charge in [0.05, 0.1) is 6.10 Å². The molecule has 3 atom stereocenters. The average molecular weight is 462 g/mol. The zero-order chi connectivity index (χ0) is 24.0. The fourth-order valence-corrected chi connectivity index (χ4v) is 5.37. The number of benzene rings is 2. The first kappa shape index (κ1) is 22.6. The highest BCUT2D eigenvalue weighted by Crippen LogP contribution is 2.42. The molecule has 0 aromatic heterocycles. The SMILES string of the molecule is CC(O)c1ccc2c(c1)CCC21NC(=O)N(CC(=O)N(Cc2ccccc2)C(C)C2CC2)C1=O. The maximum Gasteiger partial charge on any atom is 0.325 e. The van der Waals surface area contributed by atoms with E-state index in [1.165, 1.54) is 0 Å². The molecule has 178 valence electrons. The molecular weight excluding hydrogens is 430 g/mol. The summed E-state index contributed by atoms with van der Waals surface area (Å²) in [6.45, 7) is 3.94. The van der Waals surface area contributed by atoms with Crippen molar-refractivity contribution in [2.24, 2.45) is 5.92 Å². The molecular formula is C27H31N3O4. The number of carbonyl (C=O) groups is 3. The third-order valence-corrected chi connectivity index (χ3v) is 7.62. The Morgan fingerprint density at radius 2 is 1.91 bits per heavy atom. The molecule has 0 bridgehead atoms. The smallest absolute Gasteiger partial charge is 0.325 e. The molecule has 2 aromatic carbocycles. The van der Waals surface area contributed by atoms with Crippen molar-refractivity contribution in [2.45, 2.75) is 63.8 Å². The van der Waals surface area contributed by atoms with Crippen molar-refractivity contribution in [1.82, 2.24) is 15.1 Å². The van der Waals surface area contributed by atoms with Gasteiger partial charge in [0, 0.05) is 12.6 Å². The van der Waals surface area contributed by atoms with Gasteiger partial charge in [-0.2, -0.15) is 0 Å². The largest absolute Gasteiger partial charge is 0.389 e. The Bertz CT molecular complexity index is 1130. The molecule has 5 rings (SSSR count). The minimum Gasteiger partial charge on any atom is -0.389 e. The first-order chi connectivity index (χ1) is 16.3. The molecule has 1 aliphatic heterocycles. The van der Waals surface area contributed by atoms with Gasteiger partial charge in [-0.1, -0.05) is 48.5 Å². The minimum atomic E-state index is -1.13. The molecule has 2 aliphatic carbocycles. The van der Waals surface area contributed by atoms with Gasteiger partial charge in [-0.3, -0.25) is 14.5 Å². The van der Waals surface area contributed by atoms with E-state index in [0.29, 0.717) is 25.3 Å². The van der Waals surface area contributed by atoms with Crippen LogP contribution in [0.4, 0.5) is 4.79 Å². The van der Waals surface area contributed by atoms with Gasteiger partial charge in [-0.15, -0.1) is 0 Å². The summed E-state index contributed by atoms with van der Waals surface area (Å²) in [5, 5.41) is 12.8. The third-order valence-electron chi connectivity index (χ3n) is 7.62. The van der Waals surface area contributed by atoms with E-state index in [-0.39, 0.29) is 24.4 Å². The highest BCUT2D eigenvalue weighted by Gasteiger charge is 2.56. The van der Waals surface area contributed by atoms with Gasteiger partial charge in [0.15, 0.2) is 0 Å². The second-order valence-corrected chi connectivity index (χ2v) is 9.90. The van der Waals surface area contributed by atoms with Crippen LogP contribution in [-0.4, -0.2) is 45.3 Å². The first-order valence-corrected chi connectivity index (χ1v) is 12.1. The van der Waals surface area contributed by atoms with E-state index in [1.807, 2.05) is 47.4 Å². The average Bonchev–Trinajstić information content (AvgIpc) is 3.58. The molecule has 1 heterocycles. The van der Waals surface area contributed by atoms with Crippen LogP contribution in [0.3, 0.4) is 0 Å². The molecule has 7 nitrogen and oxygen atoms in total. The van der Waals surface area contributed by atoms with Crippen LogP contribution in [0.25, 0.3) is 0 Å². The number of aliphatic hydroxyl groups excluding tert-OH is 1. The van der Waals surface area contributed by atoms with Crippen molar-refractivity contribution in [2.75, 3.05) is 6.54 Å². The van der Waals surface area contributed by atoms with Crippen molar-refractivity contribution in [3.05, 3.63) is 70.8 Å². The van der Waals surface area contributed by atoms with E-state index < -0.39 is 17.7 Å². The molecule has 0 radical (unpaired) electrons. The summed E-state index contributed by atoms with van der Waals surface area (Å²) in [5.74, 6) is -0.119. The van der Waals surface area contributed by atoms with Crippen LogP contribution in [0.2, 0.25) is 0 Å². The first-order valence-electron chi connectivity index (χ1n) is 12.1. The molecule has 1 saturated heterocycles. The Balaban J connectivity index is 1.37. The number of nitrogens with zero attached hydrogens (tertiary/aromatic N) is 2. The summed E-state index contributed by atoms with van der Waals surface area (Å²) in [5.41, 5.74) is 2.39. The van der Waals surface area contributed by atoms with Gasteiger partial charge in [-0.05, 0) is 67.7 Å². The molecule has 4 amide bonds. The van der Waals surface area contributed by atoms with E-state index >= 15 is 0 Å². The lowest BCUT2D eigenvalue weighted by Crippen LogP contribution is -2.47. The molecule has 2 N–H and O–H groups in total. The van der Waals surface area contributed by atoms with Crippen LogP contribution in [0.1, 0.15) is 61.5 Å². The van der Waals surface area contributed by atoms with Crippen LogP contribution in [0, 0.1) is 5.92 Å². The van der Waals surface area contributed by atoms with Gasteiger partial charge in [0.1, 0.15) is 12.1 Å². The number of nitrogens with one attached hydrogen (secondary N) is 1. The fraction of sp³-hybridized carbons (Fsp3) is 0.444. The molecule has 1 spiro atoms. The lowest BCUT2D eigenvalue weighted by atomic mass is 9.90. The Labute approximate surface area is 199 Å². The van der Waals surface area contributed by atoms with Crippen LogP contribution in [0.15, 0.2) is 48.5 Å². The molecule has 1 saturated carbocycles. The molecule has 3 aliphatic rings. The van der Waals surface area contributed by atoms with Crippen LogP contribution in [-0.2, 0) is 28.1 Å². The van der Waals surface area contributed by atoms with Crippen molar-refractivity contribution in [3.63, 3.8) is 0 Å². The van der Waals surface area contributed by atoms with Crippen LogP contribution < -0.4 is 5.32 Å². The Kier molecular flexibility index (Phi) is 5.68. The third kappa shape index (κ3) is 3.88. The number of imide groups is 1. The fourth-order valence-electron chi connectivity index (χ4n) is 5.37. The van der Waals surface area contributed by atoms with Gasteiger partial charge >= 0.3 is 6.03 Å². The monoisotopic (exact) mass is 461 g/mol. The van der Waals surface area contributed by atoms with E-state index in [9.17, 15) is 19.5 Å². The maximum absolute atomic E-state index is 13.6. The number of fused-ring (bicyclic) bond motifs is 2. The summed E-state index contributed by atoms with van der Waals surface area (Å²) < 4.78 is 0. The van der Waals surface area contributed by atoms with Gasteiger partial charge in [0.2, 0.25) is 5.91 Å². The van der Waals surface area contributed by atoms with E-state index in [0.717, 1.165) is 40.0 Å². The quantitative estimate of drug-likeness (QED) is 0.620. The predicted molar refractivity (Wildman–Crippen MR) is 126 cm³/mol. The summed E-state index contributed by atoms with van der Waals surface area (Å²) in [4.78, 5) is 42.9. The Morgan fingerprint density at radius 3 is 2.59 bits per heavy atom. The number of aryl methyl sites for hydroxylation is 1. The lowest BCUT2D eigenvalue weighted by molar-refractivity contribution is -0.141. The van der Waals surface area contributed by atoms with Crippen molar-refractivity contribution < 1.29 is 19.5 Å². The Hall–Kier alpha value is -3.19. The highest BCUT2D eigenvalue weighted by atomic mass is 16.3. The van der Waals surface area contributed by atoms with Crippen LogP contribution in [0.5, 0.6) is 0 Å². The summed E-state index contributed by atoms with van der Waals surface area (Å²) in [6, 6.07) is 14.9. The number of urea groups is 1. The van der Waals surface area contributed by atoms with Crippen molar-refractivity contribution >= 4 is 17.8 Å². The van der Waals surface area contributed by atoms with E-state index in [2.05, 4.69) is 12.2 Å². The number of aliphatic hydroxyl groups is 1. The summed E-state index contributed by atoms with van der Waals surface area (Å²) in [6.07, 6.45) is 2.67. The maximum atomic E-state index is 13.6. The zero-order valence-corrected chi connectivity index (χ0v) is 19.7. The number of hydrogen-bond donors (Lipinski definition) is 2. The molecule has 7 heteroatoms. The lowest BCUT2D eigenvalue weighted by Gasteiger charge is -2.31. The number of amides is 4. The second-order valence-electron chi connectivity index (χ2n) is 9.90. The summed E-state index contributed by atoms with van der Waals surface area (Å²) in [7, 11) is 0. The van der Waals surface area contributed by atoms with E-state index in [4.69, 9.17) is 0 Å².